The number of nitrogens with zero attached hydrogens (tertiary/aromatic N) is 5. The molecule has 184 valence electrons. The Hall–Kier alpha value is -3.56. The summed E-state index contributed by atoms with van der Waals surface area (Å²) in [5.41, 5.74) is 6.89. The lowest BCUT2D eigenvalue weighted by atomic mass is 9.94. The van der Waals surface area contributed by atoms with Crippen molar-refractivity contribution >= 4 is 33.4 Å². The van der Waals surface area contributed by atoms with Gasteiger partial charge in [0.05, 0.1) is 5.39 Å². The van der Waals surface area contributed by atoms with Gasteiger partial charge < -0.3 is 26.0 Å². The Morgan fingerprint density at radius 1 is 1.06 bits per heavy atom. The summed E-state index contributed by atoms with van der Waals surface area (Å²) >= 11 is 0. The number of fused-ring (bicyclic) bond motifs is 4. The number of nitrogens with two attached hydrogens (primary N) is 1. The summed E-state index contributed by atoms with van der Waals surface area (Å²) < 4.78 is 16.3. The second-order valence-corrected chi connectivity index (χ2v) is 10.8. The Kier molecular flexibility index (Phi) is 4.65. The SMILES string of the molecule is CC1(N)CN(c2nc(N3C[C@H]4CC[C@@H](C3)N4)c3cnc(-c4cc(O)cc5ccccc45)c(F)c3n2)C1. The van der Waals surface area contributed by atoms with Gasteiger partial charge in [-0.1, -0.05) is 24.3 Å². The van der Waals surface area contributed by atoms with Crippen LogP contribution in [-0.2, 0) is 0 Å². The molecule has 0 unspecified atom stereocenters. The van der Waals surface area contributed by atoms with Crippen LogP contribution in [0.4, 0.5) is 16.2 Å². The number of anilines is 2. The second-order valence-electron chi connectivity index (χ2n) is 10.8. The maximum Gasteiger partial charge on any atom is 0.228 e. The van der Waals surface area contributed by atoms with E-state index in [0.29, 0.717) is 42.1 Å². The Bertz CT molecular complexity index is 1500. The van der Waals surface area contributed by atoms with Gasteiger partial charge in [-0.3, -0.25) is 4.98 Å². The number of nitrogens with one attached hydrogen (secondary N) is 1. The van der Waals surface area contributed by atoms with E-state index in [1.54, 1.807) is 18.3 Å². The lowest BCUT2D eigenvalue weighted by Crippen LogP contribution is -2.66. The van der Waals surface area contributed by atoms with Crippen LogP contribution in [0, 0.1) is 5.82 Å². The van der Waals surface area contributed by atoms with Gasteiger partial charge in [0, 0.05) is 55.6 Å². The van der Waals surface area contributed by atoms with Gasteiger partial charge in [-0.2, -0.15) is 4.98 Å². The molecular formula is C27H28FN7O. The number of rotatable bonds is 3. The highest BCUT2D eigenvalue weighted by Gasteiger charge is 2.38. The highest BCUT2D eigenvalue weighted by Crippen LogP contribution is 2.38. The minimum Gasteiger partial charge on any atom is -0.508 e. The van der Waals surface area contributed by atoms with E-state index in [4.69, 9.17) is 15.7 Å². The van der Waals surface area contributed by atoms with Crippen molar-refractivity contribution in [2.24, 2.45) is 5.73 Å². The van der Waals surface area contributed by atoms with E-state index < -0.39 is 5.82 Å². The third kappa shape index (κ3) is 3.45. The normalized spacial score (nSPS) is 22.9. The summed E-state index contributed by atoms with van der Waals surface area (Å²) in [4.78, 5) is 18.4. The van der Waals surface area contributed by atoms with Gasteiger partial charge in [0.2, 0.25) is 5.95 Å². The van der Waals surface area contributed by atoms with Crippen LogP contribution in [0.3, 0.4) is 0 Å². The fourth-order valence-corrected chi connectivity index (χ4v) is 6.03. The summed E-state index contributed by atoms with van der Waals surface area (Å²) in [6.45, 7) is 4.85. The minimum absolute atomic E-state index is 0.0631. The lowest BCUT2D eigenvalue weighted by molar-refractivity contribution is 0.360. The fourth-order valence-electron chi connectivity index (χ4n) is 6.03. The average molecular weight is 486 g/mol. The number of phenolic OH excluding ortho intramolecular Hbond substituents is 1. The molecule has 4 N–H and O–H groups in total. The molecule has 0 saturated carbocycles. The average Bonchev–Trinajstić information content (AvgIpc) is 3.19. The van der Waals surface area contributed by atoms with Crippen LogP contribution >= 0.6 is 0 Å². The molecule has 0 aliphatic carbocycles. The predicted molar refractivity (Wildman–Crippen MR) is 139 cm³/mol. The number of halogens is 1. The molecular weight excluding hydrogens is 457 g/mol. The van der Waals surface area contributed by atoms with E-state index in [2.05, 4.69) is 15.2 Å². The number of pyridine rings is 1. The summed E-state index contributed by atoms with van der Waals surface area (Å²) in [5.74, 6) is 0.760. The molecule has 3 saturated heterocycles. The Morgan fingerprint density at radius 3 is 2.56 bits per heavy atom. The van der Waals surface area contributed by atoms with Crippen LogP contribution in [0.25, 0.3) is 32.9 Å². The molecule has 0 amide bonds. The largest absolute Gasteiger partial charge is 0.508 e. The van der Waals surface area contributed by atoms with Gasteiger partial charge in [-0.15, -0.1) is 0 Å². The molecule has 4 aromatic rings. The monoisotopic (exact) mass is 485 g/mol. The Balaban J connectivity index is 1.42. The molecule has 2 aromatic heterocycles. The molecule has 8 nitrogen and oxygen atoms in total. The van der Waals surface area contributed by atoms with Gasteiger partial charge in [-0.25, -0.2) is 9.37 Å². The fraction of sp³-hybridized carbons (Fsp3) is 0.370. The number of aromatic nitrogens is 3. The first-order chi connectivity index (χ1) is 17.3. The van der Waals surface area contributed by atoms with E-state index in [1.807, 2.05) is 36.1 Å². The highest BCUT2D eigenvalue weighted by atomic mass is 19.1. The van der Waals surface area contributed by atoms with Crippen molar-refractivity contribution in [2.75, 3.05) is 36.0 Å². The Labute approximate surface area is 208 Å². The van der Waals surface area contributed by atoms with Crippen molar-refractivity contribution in [3.8, 4) is 17.0 Å². The van der Waals surface area contributed by atoms with Crippen molar-refractivity contribution in [1.29, 1.82) is 0 Å². The quantitative estimate of drug-likeness (QED) is 0.407. The van der Waals surface area contributed by atoms with E-state index in [-0.39, 0.29) is 22.5 Å². The highest BCUT2D eigenvalue weighted by molar-refractivity contribution is 6.00. The molecule has 2 bridgehead atoms. The van der Waals surface area contributed by atoms with Crippen molar-refractivity contribution in [1.82, 2.24) is 20.3 Å². The van der Waals surface area contributed by atoms with E-state index in [9.17, 15) is 5.11 Å². The number of hydrogen-bond acceptors (Lipinski definition) is 8. The van der Waals surface area contributed by atoms with Crippen LogP contribution in [0.15, 0.2) is 42.6 Å². The van der Waals surface area contributed by atoms with Gasteiger partial charge in [0.1, 0.15) is 22.8 Å². The van der Waals surface area contributed by atoms with E-state index in [1.165, 1.54) is 0 Å². The predicted octanol–water partition coefficient (Wildman–Crippen LogP) is 3.17. The van der Waals surface area contributed by atoms with Crippen molar-refractivity contribution in [2.45, 2.75) is 37.4 Å². The minimum atomic E-state index is -0.512. The molecule has 3 fully saturated rings. The maximum absolute atomic E-state index is 16.3. The molecule has 36 heavy (non-hydrogen) atoms. The lowest BCUT2D eigenvalue weighted by Gasteiger charge is -2.45. The molecule has 3 aliphatic heterocycles. The van der Waals surface area contributed by atoms with E-state index >= 15 is 4.39 Å². The molecule has 2 atom stereocenters. The number of hydrogen-bond donors (Lipinski definition) is 3. The molecule has 2 aromatic carbocycles. The number of aromatic hydroxyl groups is 1. The summed E-state index contributed by atoms with van der Waals surface area (Å²) in [5, 5.41) is 16.2. The molecule has 7 rings (SSSR count). The number of benzene rings is 2. The molecule has 0 radical (unpaired) electrons. The summed E-state index contributed by atoms with van der Waals surface area (Å²) in [7, 11) is 0. The number of phenols is 1. The zero-order chi connectivity index (χ0) is 24.6. The van der Waals surface area contributed by atoms with Crippen LogP contribution in [0.2, 0.25) is 0 Å². The summed E-state index contributed by atoms with van der Waals surface area (Å²) in [6.07, 6.45) is 3.95. The standard InChI is InChI=1S/C27H28FN7O/c1-27(29)13-35(14-27)26-32-24-21(25(33-26)34-11-16-6-7-17(12-34)31-16)10-30-23(22(24)28)20-9-18(36)8-15-4-2-3-5-19(15)20/h2-5,8-10,16-17,31,36H,6-7,11-14,29H2,1H3/t16-,17+. The first kappa shape index (κ1) is 21.7. The van der Waals surface area contributed by atoms with Gasteiger partial charge in [0.25, 0.3) is 0 Å². The van der Waals surface area contributed by atoms with Gasteiger partial charge in [-0.05, 0) is 42.7 Å². The zero-order valence-electron chi connectivity index (χ0n) is 20.1. The van der Waals surface area contributed by atoms with Crippen molar-refractivity contribution in [3.63, 3.8) is 0 Å². The first-order valence-electron chi connectivity index (χ1n) is 12.5. The molecule has 9 heteroatoms. The zero-order valence-corrected chi connectivity index (χ0v) is 20.1. The van der Waals surface area contributed by atoms with Crippen LogP contribution < -0.4 is 20.9 Å². The first-order valence-corrected chi connectivity index (χ1v) is 12.5. The van der Waals surface area contributed by atoms with E-state index in [0.717, 1.165) is 42.5 Å². The smallest absolute Gasteiger partial charge is 0.228 e. The van der Waals surface area contributed by atoms with Crippen molar-refractivity contribution < 1.29 is 9.50 Å². The maximum atomic E-state index is 16.3. The number of piperazine rings is 1. The van der Waals surface area contributed by atoms with Crippen LogP contribution in [0.5, 0.6) is 5.75 Å². The van der Waals surface area contributed by atoms with Crippen molar-refractivity contribution in [3.05, 3.63) is 48.4 Å². The van der Waals surface area contributed by atoms with Gasteiger partial charge >= 0.3 is 0 Å². The third-order valence-electron chi connectivity index (χ3n) is 7.66. The molecule has 3 aliphatic rings. The summed E-state index contributed by atoms with van der Waals surface area (Å²) in [6, 6.07) is 11.6. The second kappa shape index (κ2) is 7.72. The third-order valence-corrected chi connectivity index (χ3v) is 7.66. The molecule has 5 heterocycles. The van der Waals surface area contributed by atoms with Gasteiger partial charge in [0.15, 0.2) is 5.82 Å². The molecule has 0 spiro atoms. The topological polar surface area (TPSA) is 103 Å². The Morgan fingerprint density at radius 2 is 1.81 bits per heavy atom. The van der Waals surface area contributed by atoms with Crippen LogP contribution in [0.1, 0.15) is 19.8 Å². The van der Waals surface area contributed by atoms with Crippen LogP contribution in [-0.4, -0.2) is 63.9 Å².